The highest BCUT2D eigenvalue weighted by Crippen LogP contribution is 2.27. The van der Waals surface area contributed by atoms with Crippen molar-refractivity contribution < 1.29 is 13.2 Å². The molecule has 1 saturated heterocycles. The Bertz CT molecular complexity index is 918. The lowest BCUT2D eigenvalue weighted by molar-refractivity contribution is 0.0730. The second-order valence-corrected chi connectivity index (χ2v) is 8.77. The number of benzene rings is 1. The highest BCUT2D eigenvalue weighted by Gasteiger charge is 2.27. The predicted octanol–water partition coefficient (Wildman–Crippen LogP) is 2.43. The molecule has 0 unspecified atom stereocenters. The summed E-state index contributed by atoms with van der Waals surface area (Å²) < 4.78 is 34.5. The van der Waals surface area contributed by atoms with Crippen molar-refractivity contribution in [3.05, 3.63) is 49.6 Å². The molecule has 0 N–H and O–H groups in total. The van der Waals surface area contributed by atoms with Crippen LogP contribution in [0.2, 0.25) is 0 Å². The summed E-state index contributed by atoms with van der Waals surface area (Å²) in [4.78, 5) is 0.246. The van der Waals surface area contributed by atoms with Gasteiger partial charge in [-0.15, -0.1) is 23.4 Å². The van der Waals surface area contributed by atoms with E-state index in [4.69, 9.17) is 4.74 Å². The summed E-state index contributed by atoms with van der Waals surface area (Å²) in [6.45, 7) is 9.59. The Morgan fingerprint density at radius 2 is 1.96 bits per heavy atom. The summed E-state index contributed by atoms with van der Waals surface area (Å²) in [5.41, 5.74) is 0.698. The van der Waals surface area contributed by atoms with Gasteiger partial charge in [0.2, 0.25) is 10.0 Å². The van der Waals surface area contributed by atoms with E-state index in [9.17, 15) is 8.42 Å². The quantitative estimate of drug-likeness (QED) is 0.495. The first-order valence-corrected chi connectivity index (χ1v) is 11.0. The van der Waals surface area contributed by atoms with Gasteiger partial charge in [0.25, 0.3) is 0 Å². The first kappa shape index (κ1) is 19.8. The van der Waals surface area contributed by atoms with Crippen LogP contribution in [0.5, 0.6) is 0 Å². The second kappa shape index (κ2) is 8.83. The molecule has 144 valence electrons. The number of hydrogen-bond donors (Lipinski definition) is 0. The summed E-state index contributed by atoms with van der Waals surface area (Å²) >= 11 is 1.52. The lowest BCUT2D eigenvalue weighted by atomic mass is 10.2. The fraction of sp³-hybridized carbons (Fsp3) is 0.333. The Morgan fingerprint density at radius 1 is 1.19 bits per heavy atom. The average Bonchev–Trinajstić information content (AvgIpc) is 3.10. The largest absolute Gasteiger partial charge is 0.379 e. The van der Waals surface area contributed by atoms with Gasteiger partial charge in [0.1, 0.15) is 0 Å². The Labute approximate surface area is 163 Å². The molecule has 2 heterocycles. The van der Waals surface area contributed by atoms with Gasteiger partial charge < -0.3 is 4.74 Å². The zero-order valence-corrected chi connectivity index (χ0v) is 16.6. The molecule has 0 bridgehead atoms. The van der Waals surface area contributed by atoms with Crippen LogP contribution in [0.4, 0.5) is 0 Å². The maximum Gasteiger partial charge on any atom is 0.243 e. The van der Waals surface area contributed by atoms with E-state index in [-0.39, 0.29) is 4.90 Å². The van der Waals surface area contributed by atoms with Crippen LogP contribution in [0.1, 0.15) is 0 Å². The van der Waals surface area contributed by atoms with Crippen molar-refractivity contribution in [3.63, 3.8) is 0 Å². The van der Waals surface area contributed by atoms with Crippen LogP contribution in [0.25, 0.3) is 11.4 Å². The van der Waals surface area contributed by atoms with Crippen LogP contribution >= 0.6 is 11.8 Å². The van der Waals surface area contributed by atoms with Crippen molar-refractivity contribution in [1.29, 1.82) is 0 Å². The van der Waals surface area contributed by atoms with Crippen molar-refractivity contribution in [1.82, 2.24) is 19.1 Å². The first-order chi connectivity index (χ1) is 13.1. The molecule has 1 aromatic carbocycles. The van der Waals surface area contributed by atoms with Crippen LogP contribution in [0.15, 0.2) is 59.6 Å². The fourth-order valence-corrected chi connectivity index (χ4v) is 4.90. The number of rotatable bonds is 8. The van der Waals surface area contributed by atoms with E-state index >= 15 is 0 Å². The normalized spacial score (nSPS) is 15.6. The van der Waals surface area contributed by atoms with Gasteiger partial charge in [-0.2, -0.15) is 4.31 Å². The second-order valence-electron chi connectivity index (χ2n) is 5.85. The van der Waals surface area contributed by atoms with Gasteiger partial charge in [-0.05, 0) is 12.1 Å². The molecule has 2 aromatic rings. The van der Waals surface area contributed by atoms with E-state index in [1.54, 1.807) is 30.4 Å². The Morgan fingerprint density at radius 3 is 2.67 bits per heavy atom. The maximum absolute atomic E-state index is 12.9. The first-order valence-electron chi connectivity index (χ1n) is 8.54. The predicted molar refractivity (Wildman–Crippen MR) is 106 cm³/mol. The molecule has 0 aliphatic carbocycles. The van der Waals surface area contributed by atoms with E-state index in [2.05, 4.69) is 23.4 Å². The van der Waals surface area contributed by atoms with Gasteiger partial charge in [-0.3, -0.25) is 4.57 Å². The van der Waals surface area contributed by atoms with Gasteiger partial charge in [0.05, 0.1) is 18.1 Å². The van der Waals surface area contributed by atoms with E-state index in [0.717, 1.165) is 5.16 Å². The Balaban J connectivity index is 1.97. The SMILES string of the molecule is C=CCSc1nnc(-c2cccc(S(=O)(=O)N3CCOCC3)c2)n1CC=C. The molecule has 0 radical (unpaired) electrons. The van der Waals surface area contributed by atoms with Gasteiger partial charge in [0.15, 0.2) is 11.0 Å². The smallest absolute Gasteiger partial charge is 0.243 e. The van der Waals surface area contributed by atoms with Crippen LogP contribution in [-0.4, -0.2) is 59.5 Å². The summed E-state index contributed by atoms with van der Waals surface area (Å²) in [6.07, 6.45) is 3.56. The summed E-state index contributed by atoms with van der Waals surface area (Å²) in [5.74, 6) is 1.32. The molecule has 0 spiro atoms. The topological polar surface area (TPSA) is 77.3 Å². The zero-order chi connectivity index (χ0) is 19.3. The van der Waals surface area contributed by atoms with E-state index in [1.165, 1.54) is 16.1 Å². The monoisotopic (exact) mass is 406 g/mol. The molecule has 0 atom stereocenters. The molecule has 9 heteroatoms. The number of ether oxygens (including phenoxy) is 1. The van der Waals surface area contributed by atoms with Gasteiger partial charge in [0, 0.05) is 31.0 Å². The molecular formula is C18H22N4O3S2. The third-order valence-electron chi connectivity index (χ3n) is 4.06. The lowest BCUT2D eigenvalue weighted by Crippen LogP contribution is -2.40. The van der Waals surface area contributed by atoms with E-state index < -0.39 is 10.0 Å². The molecule has 1 aliphatic rings. The van der Waals surface area contributed by atoms with Crippen LogP contribution in [0.3, 0.4) is 0 Å². The van der Waals surface area contributed by atoms with Crippen molar-refractivity contribution in [2.45, 2.75) is 16.6 Å². The average molecular weight is 407 g/mol. The minimum absolute atomic E-state index is 0.246. The molecule has 1 aromatic heterocycles. The third kappa shape index (κ3) is 4.32. The number of sulfonamides is 1. The number of nitrogens with zero attached hydrogens (tertiary/aromatic N) is 4. The van der Waals surface area contributed by atoms with Crippen LogP contribution in [-0.2, 0) is 21.3 Å². The molecule has 0 amide bonds. The molecule has 3 rings (SSSR count). The Kier molecular flexibility index (Phi) is 6.48. The van der Waals surface area contributed by atoms with Gasteiger partial charge >= 0.3 is 0 Å². The van der Waals surface area contributed by atoms with Crippen molar-refractivity contribution >= 4 is 21.8 Å². The van der Waals surface area contributed by atoms with E-state index in [0.29, 0.717) is 50.0 Å². The standard InChI is InChI=1S/C18H22N4O3S2/c1-3-8-22-17(19-20-18(22)26-13-4-2)15-6-5-7-16(14-15)27(23,24)21-9-11-25-12-10-21/h3-7,14H,1-2,8-13H2. The molecule has 0 saturated carbocycles. The summed E-state index contributed by atoms with van der Waals surface area (Å²) in [7, 11) is -3.57. The number of thioether (sulfide) groups is 1. The molecule has 1 fully saturated rings. The molecule has 27 heavy (non-hydrogen) atoms. The van der Waals surface area contributed by atoms with Crippen LogP contribution in [0, 0.1) is 0 Å². The maximum atomic E-state index is 12.9. The van der Waals surface area contributed by atoms with E-state index in [1.807, 2.05) is 10.6 Å². The Hall–Kier alpha value is -1.94. The zero-order valence-electron chi connectivity index (χ0n) is 15.0. The number of allylic oxidation sites excluding steroid dienone is 1. The fourth-order valence-electron chi connectivity index (χ4n) is 2.77. The molecular weight excluding hydrogens is 384 g/mol. The molecule has 1 aliphatic heterocycles. The lowest BCUT2D eigenvalue weighted by Gasteiger charge is -2.26. The van der Waals surface area contributed by atoms with Crippen molar-refractivity contribution in [2.75, 3.05) is 32.1 Å². The summed E-state index contributed by atoms with van der Waals surface area (Å²) in [6, 6.07) is 6.82. The third-order valence-corrected chi connectivity index (χ3v) is 6.92. The number of hydrogen-bond acceptors (Lipinski definition) is 6. The minimum atomic E-state index is -3.57. The highest BCUT2D eigenvalue weighted by atomic mass is 32.2. The van der Waals surface area contributed by atoms with Crippen LogP contribution < -0.4 is 0 Å². The number of aromatic nitrogens is 3. The summed E-state index contributed by atoms with van der Waals surface area (Å²) in [5, 5.41) is 9.25. The van der Waals surface area contributed by atoms with Crippen molar-refractivity contribution in [2.24, 2.45) is 0 Å². The van der Waals surface area contributed by atoms with Gasteiger partial charge in [-0.1, -0.05) is 36.0 Å². The van der Waals surface area contributed by atoms with Gasteiger partial charge in [-0.25, -0.2) is 8.42 Å². The molecule has 7 nitrogen and oxygen atoms in total. The van der Waals surface area contributed by atoms with Crippen molar-refractivity contribution in [3.8, 4) is 11.4 Å². The minimum Gasteiger partial charge on any atom is -0.379 e. The highest BCUT2D eigenvalue weighted by molar-refractivity contribution is 7.99. The number of morpholine rings is 1.